The summed E-state index contributed by atoms with van der Waals surface area (Å²) in [5, 5.41) is 8.35. The van der Waals surface area contributed by atoms with E-state index in [1.807, 2.05) is 22.9 Å². The summed E-state index contributed by atoms with van der Waals surface area (Å²) < 4.78 is 7.09. The number of hydrogen-bond acceptors (Lipinski definition) is 4. The van der Waals surface area contributed by atoms with Crippen molar-refractivity contribution in [2.45, 2.75) is 19.6 Å². The third-order valence-corrected chi connectivity index (χ3v) is 2.76. The Morgan fingerprint density at radius 2 is 2.06 bits per heavy atom. The minimum absolute atomic E-state index is 0.509. The van der Waals surface area contributed by atoms with Crippen LogP contribution in [0.3, 0.4) is 0 Å². The van der Waals surface area contributed by atoms with E-state index >= 15 is 0 Å². The molecule has 0 aliphatic carbocycles. The molecule has 1 heterocycles. The highest BCUT2D eigenvalue weighted by atomic mass is 16.5. The molecule has 0 saturated carbocycles. The molecule has 0 radical (unpaired) electrons. The Balaban J connectivity index is 2.21. The fourth-order valence-electron chi connectivity index (χ4n) is 1.88. The summed E-state index contributed by atoms with van der Waals surface area (Å²) in [6.45, 7) is 1.78. The van der Waals surface area contributed by atoms with Crippen molar-refractivity contribution in [1.82, 2.24) is 15.0 Å². The maximum Gasteiger partial charge on any atom is 0.0900 e. The third-order valence-electron chi connectivity index (χ3n) is 2.76. The molecular formula is C13H18N4O. The van der Waals surface area contributed by atoms with Crippen molar-refractivity contribution in [1.29, 1.82) is 0 Å². The maximum atomic E-state index is 5.57. The number of methoxy groups -OCH3 is 1. The van der Waals surface area contributed by atoms with Crippen LogP contribution in [-0.4, -0.2) is 28.6 Å². The molecular weight excluding hydrogens is 228 g/mol. The fourth-order valence-corrected chi connectivity index (χ4v) is 1.88. The summed E-state index contributed by atoms with van der Waals surface area (Å²) >= 11 is 0. The van der Waals surface area contributed by atoms with Crippen LogP contribution >= 0.6 is 0 Å². The lowest BCUT2D eigenvalue weighted by Crippen LogP contribution is -2.10. The molecule has 1 aromatic carbocycles. The van der Waals surface area contributed by atoms with Gasteiger partial charge in [0.25, 0.3) is 0 Å². The van der Waals surface area contributed by atoms with Crippen LogP contribution in [0.25, 0.3) is 0 Å². The molecule has 5 nitrogen and oxygen atoms in total. The molecule has 5 heteroatoms. The minimum Gasteiger partial charge on any atom is -0.378 e. The number of aromatic nitrogens is 3. The molecule has 0 fully saturated rings. The van der Waals surface area contributed by atoms with E-state index in [1.165, 1.54) is 5.56 Å². The molecule has 1 aromatic heterocycles. The molecule has 0 amide bonds. The van der Waals surface area contributed by atoms with Gasteiger partial charge >= 0.3 is 0 Å². The topological polar surface area (TPSA) is 66.0 Å². The van der Waals surface area contributed by atoms with Gasteiger partial charge in [0.1, 0.15) is 0 Å². The Hall–Kier alpha value is -1.72. The van der Waals surface area contributed by atoms with Gasteiger partial charge in [-0.15, -0.1) is 5.10 Å². The predicted molar refractivity (Wildman–Crippen MR) is 69.0 cm³/mol. The zero-order valence-electron chi connectivity index (χ0n) is 10.5. The summed E-state index contributed by atoms with van der Waals surface area (Å²) in [7, 11) is 1.67. The second-order valence-corrected chi connectivity index (χ2v) is 4.10. The first-order chi connectivity index (χ1) is 8.85. The number of rotatable bonds is 6. The molecule has 2 aromatic rings. The normalized spacial score (nSPS) is 10.8. The summed E-state index contributed by atoms with van der Waals surface area (Å²) in [6.07, 6.45) is 0.730. The highest BCUT2D eigenvalue weighted by molar-refractivity contribution is 5.17. The van der Waals surface area contributed by atoms with Crippen LogP contribution < -0.4 is 5.73 Å². The van der Waals surface area contributed by atoms with E-state index in [0.717, 1.165) is 17.8 Å². The van der Waals surface area contributed by atoms with Gasteiger partial charge in [0.15, 0.2) is 0 Å². The average Bonchev–Trinajstić information content (AvgIpc) is 2.75. The molecule has 18 heavy (non-hydrogen) atoms. The van der Waals surface area contributed by atoms with Crippen LogP contribution in [-0.2, 0) is 24.3 Å². The molecule has 0 aliphatic heterocycles. The molecule has 2 N–H and O–H groups in total. The average molecular weight is 246 g/mol. The Labute approximate surface area is 107 Å². The van der Waals surface area contributed by atoms with Crippen molar-refractivity contribution in [3.8, 4) is 0 Å². The number of nitrogens with two attached hydrogens (primary N) is 1. The van der Waals surface area contributed by atoms with Gasteiger partial charge < -0.3 is 10.5 Å². The van der Waals surface area contributed by atoms with Crippen molar-refractivity contribution < 1.29 is 4.74 Å². The monoisotopic (exact) mass is 246 g/mol. The van der Waals surface area contributed by atoms with Crippen LogP contribution in [0.2, 0.25) is 0 Å². The fraction of sp³-hybridized carbons (Fsp3) is 0.385. The number of ether oxygens (including phenoxy) is 1. The van der Waals surface area contributed by atoms with Crippen molar-refractivity contribution in [3.05, 3.63) is 47.3 Å². The number of nitrogens with zero attached hydrogens (tertiary/aromatic N) is 3. The Kier molecular flexibility index (Phi) is 4.44. The van der Waals surface area contributed by atoms with Gasteiger partial charge in [0, 0.05) is 13.5 Å². The summed E-state index contributed by atoms with van der Waals surface area (Å²) in [5.41, 5.74) is 8.70. The molecule has 0 atom stereocenters. The van der Waals surface area contributed by atoms with Crippen LogP contribution in [0.4, 0.5) is 0 Å². The van der Waals surface area contributed by atoms with Crippen molar-refractivity contribution in [2.24, 2.45) is 5.73 Å². The predicted octanol–water partition coefficient (Wildman–Crippen LogP) is 0.974. The van der Waals surface area contributed by atoms with Gasteiger partial charge in [-0.2, -0.15) is 0 Å². The lowest BCUT2D eigenvalue weighted by atomic mass is 10.2. The van der Waals surface area contributed by atoms with Gasteiger partial charge in [-0.25, -0.2) is 4.68 Å². The highest BCUT2D eigenvalue weighted by Crippen LogP contribution is 2.10. The van der Waals surface area contributed by atoms with Gasteiger partial charge in [0.2, 0.25) is 0 Å². The van der Waals surface area contributed by atoms with E-state index in [1.54, 1.807) is 7.11 Å². The second-order valence-electron chi connectivity index (χ2n) is 4.10. The van der Waals surface area contributed by atoms with Gasteiger partial charge in [-0.05, 0) is 12.1 Å². The second kappa shape index (κ2) is 6.28. The number of hydrogen-bond donors (Lipinski definition) is 1. The zero-order chi connectivity index (χ0) is 12.8. The molecule has 0 unspecified atom stereocenters. The van der Waals surface area contributed by atoms with Gasteiger partial charge in [0.05, 0.1) is 24.5 Å². The first kappa shape index (κ1) is 12.7. The molecule has 0 aliphatic rings. The Bertz CT molecular complexity index is 481. The molecule has 96 valence electrons. The summed E-state index contributed by atoms with van der Waals surface area (Å²) in [6, 6.07) is 10.2. The van der Waals surface area contributed by atoms with Crippen LogP contribution in [0.15, 0.2) is 30.3 Å². The van der Waals surface area contributed by atoms with Crippen LogP contribution in [0.5, 0.6) is 0 Å². The third kappa shape index (κ3) is 2.94. The van der Waals surface area contributed by atoms with Crippen molar-refractivity contribution >= 4 is 0 Å². The lowest BCUT2D eigenvalue weighted by molar-refractivity contribution is 0.176. The Morgan fingerprint density at radius 3 is 2.72 bits per heavy atom. The molecule has 0 bridgehead atoms. The zero-order valence-corrected chi connectivity index (χ0v) is 10.5. The van der Waals surface area contributed by atoms with Crippen LogP contribution in [0, 0.1) is 0 Å². The van der Waals surface area contributed by atoms with Gasteiger partial charge in [-0.1, -0.05) is 35.5 Å². The standard InChI is InChI=1S/C13H18N4O/c1-18-10-13-12(7-8-14)15-16-17(13)9-11-5-3-2-4-6-11/h2-6H,7-10,14H2,1H3. The SMILES string of the molecule is COCc1c(CCN)nnn1Cc1ccccc1. The molecule has 0 spiro atoms. The lowest BCUT2D eigenvalue weighted by Gasteiger charge is -2.07. The van der Waals surface area contributed by atoms with Crippen molar-refractivity contribution in [2.75, 3.05) is 13.7 Å². The first-order valence-electron chi connectivity index (χ1n) is 5.99. The van der Waals surface area contributed by atoms with E-state index in [-0.39, 0.29) is 0 Å². The summed E-state index contributed by atoms with van der Waals surface area (Å²) in [4.78, 5) is 0. The Morgan fingerprint density at radius 1 is 1.28 bits per heavy atom. The van der Waals surface area contributed by atoms with E-state index in [2.05, 4.69) is 22.4 Å². The smallest absolute Gasteiger partial charge is 0.0900 e. The molecule has 0 saturated heterocycles. The van der Waals surface area contributed by atoms with Gasteiger partial charge in [-0.3, -0.25) is 0 Å². The molecule has 2 rings (SSSR count). The minimum atomic E-state index is 0.509. The van der Waals surface area contributed by atoms with Crippen LogP contribution in [0.1, 0.15) is 17.0 Å². The quantitative estimate of drug-likeness (QED) is 0.825. The van der Waals surface area contributed by atoms with E-state index in [9.17, 15) is 0 Å². The first-order valence-corrected chi connectivity index (χ1v) is 5.99. The van der Waals surface area contributed by atoms with E-state index in [0.29, 0.717) is 19.7 Å². The van der Waals surface area contributed by atoms with E-state index < -0.39 is 0 Å². The maximum absolute atomic E-state index is 5.57. The highest BCUT2D eigenvalue weighted by Gasteiger charge is 2.12. The van der Waals surface area contributed by atoms with E-state index in [4.69, 9.17) is 10.5 Å². The number of benzene rings is 1. The van der Waals surface area contributed by atoms with Crippen molar-refractivity contribution in [3.63, 3.8) is 0 Å². The largest absolute Gasteiger partial charge is 0.378 e. The summed E-state index contributed by atoms with van der Waals surface area (Å²) in [5.74, 6) is 0.